The summed E-state index contributed by atoms with van der Waals surface area (Å²) in [5.74, 6) is 0.737. The largest absolute Gasteiger partial charge is 0.366 e. The van der Waals surface area contributed by atoms with Crippen molar-refractivity contribution in [3.05, 3.63) is 23.9 Å². The zero-order valence-corrected chi connectivity index (χ0v) is 9.69. The van der Waals surface area contributed by atoms with Crippen molar-refractivity contribution in [2.75, 3.05) is 5.32 Å². The number of piperidine rings is 1. The topological polar surface area (TPSA) is 60.7 Å². The van der Waals surface area contributed by atoms with E-state index in [2.05, 4.69) is 21.7 Å². The Hall–Kier alpha value is -1.60. The number of aromatic nitrogens is 1. The van der Waals surface area contributed by atoms with E-state index in [0.29, 0.717) is 23.7 Å². The van der Waals surface area contributed by atoms with E-state index in [4.69, 9.17) is 5.26 Å². The number of nitrogens with one attached hydrogen (secondary N) is 2. The molecule has 0 radical (unpaired) electrons. The summed E-state index contributed by atoms with van der Waals surface area (Å²) in [5, 5.41) is 16.1. The smallest absolute Gasteiger partial charge is 0.144 e. The summed E-state index contributed by atoms with van der Waals surface area (Å²) in [6.07, 6.45) is 6.58. The van der Waals surface area contributed by atoms with Crippen LogP contribution < -0.4 is 10.6 Å². The molecule has 4 heteroatoms. The molecule has 0 spiro atoms. The predicted octanol–water partition coefficient (Wildman–Crippen LogP) is 1.65. The molecule has 3 heterocycles. The molecule has 0 aromatic carbocycles. The van der Waals surface area contributed by atoms with Gasteiger partial charge in [-0.15, -0.1) is 0 Å². The van der Waals surface area contributed by atoms with E-state index in [9.17, 15) is 0 Å². The van der Waals surface area contributed by atoms with Gasteiger partial charge >= 0.3 is 0 Å². The van der Waals surface area contributed by atoms with Crippen molar-refractivity contribution in [1.29, 1.82) is 5.26 Å². The molecule has 1 aromatic heterocycles. The average molecular weight is 228 g/mol. The molecule has 2 unspecified atom stereocenters. The van der Waals surface area contributed by atoms with Crippen molar-refractivity contribution in [2.45, 2.75) is 43.8 Å². The van der Waals surface area contributed by atoms with Gasteiger partial charge in [0.1, 0.15) is 11.9 Å². The van der Waals surface area contributed by atoms with E-state index in [1.165, 1.54) is 12.8 Å². The zero-order chi connectivity index (χ0) is 11.7. The molecule has 2 aliphatic rings. The van der Waals surface area contributed by atoms with Gasteiger partial charge in [0.25, 0.3) is 0 Å². The van der Waals surface area contributed by atoms with Crippen molar-refractivity contribution < 1.29 is 0 Å². The van der Waals surface area contributed by atoms with Crippen LogP contribution in [-0.2, 0) is 0 Å². The Morgan fingerprint density at radius 3 is 2.82 bits per heavy atom. The SMILES string of the molecule is N#Cc1cccnc1NC1CC2CCC(C1)N2. The molecular weight excluding hydrogens is 212 g/mol. The number of nitriles is 1. The third-order valence-corrected chi connectivity index (χ3v) is 3.74. The predicted molar refractivity (Wildman–Crippen MR) is 65.5 cm³/mol. The lowest BCUT2D eigenvalue weighted by atomic mass is 9.99. The molecule has 0 amide bonds. The lowest BCUT2D eigenvalue weighted by Crippen LogP contribution is -2.43. The Kier molecular flexibility index (Phi) is 2.69. The number of anilines is 1. The number of nitrogens with zero attached hydrogens (tertiary/aromatic N) is 2. The van der Waals surface area contributed by atoms with Crippen LogP contribution in [-0.4, -0.2) is 23.1 Å². The quantitative estimate of drug-likeness (QED) is 0.808. The van der Waals surface area contributed by atoms with Crippen LogP contribution in [0.4, 0.5) is 5.82 Å². The second-order valence-corrected chi connectivity index (χ2v) is 4.96. The van der Waals surface area contributed by atoms with Crippen molar-refractivity contribution in [1.82, 2.24) is 10.3 Å². The summed E-state index contributed by atoms with van der Waals surface area (Å²) in [7, 11) is 0. The molecule has 4 nitrogen and oxygen atoms in total. The van der Waals surface area contributed by atoms with E-state index in [-0.39, 0.29) is 0 Å². The first kappa shape index (κ1) is 10.5. The van der Waals surface area contributed by atoms with Gasteiger partial charge in [0.2, 0.25) is 0 Å². The Bertz CT molecular complexity index is 439. The van der Waals surface area contributed by atoms with Crippen molar-refractivity contribution >= 4 is 5.82 Å². The van der Waals surface area contributed by atoms with Crippen LogP contribution in [0.1, 0.15) is 31.2 Å². The van der Waals surface area contributed by atoms with Gasteiger partial charge in [-0.25, -0.2) is 4.98 Å². The van der Waals surface area contributed by atoms with E-state index in [0.717, 1.165) is 18.7 Å². The Balaban J connectivity index is 1.73. The molecule has 2 atom stereocenters. The van der Waals surface area contributed by atoms with Crippen LogP contribution in [0.5, 0.6) is 0 Å². The van der Waals surface area contributed by atoms with E-state index < -0.39 is 0 Å². The molecule has 2 aliphatic heterocycles. The normalized spacial score (nSPS) is 30.9. The number of hydrogen-bond acceptors (Lipinski definition) is 4. The highest BCUT2D eigenvalue weighted by Gasteiger charge is 2.33. The summed E-state index contributed by atoms with van der Waals surface area (Å²) in [5.41, 5.74) is 0.637. The summed E-state index contributed by atoms with van der Waals surface area (Å²) in [4.78, 5) is 4.26. The van der Waals surface area contributed by atoms with E-state index in [1.54, 1.807) is 12.3 Å². The molecular formula is C13H16N4. The van der Waals surface area contributed by atoms with E-state index in [1.807, 2.05) is 6.07 Å². The van der Waals surface area contributed by atoms with Gasteiger partial charge in [-0.3, -0.25) is 0 Å². The minimum absolute atomic E-state index is 0.454. The van der Waals surface area contributed by atoms with Crippen molar-refractivity contribution in [3.8, 4) is 6.07 Å². The maximum absolute atomic E-state index is 9.02. The highest BCUT2D eigenvalue weighted by Crippen LogP contribution is 2.28. The third kappa shape index (κ3) is 2.11. The molecule has 0 saturated carbocycles. The lowest BCUT2D eigenvalue weighted by Gasteiger charge is -2.30. The summed E-state index contributed by atoms with van der Waals surface area (Å²) in [6, 6.07) is 7.56. The van der Waals surface area contributed by atoms with E-state index >= 15 is 0 Å². The van der Waals surface area contributed by atoms with Crippen LogP contribution >= 0.6 is 0 Å². The fourth-order valence-electron chi connectivity index (χ4n) is 2.98. The highest BCUT2D eigenvalue weighted by molar-refractivity contribution is 5.51. The van der Waals surface area contributed by atoms with Crippen molar-refractivity contribution in [2.24, 2.45) is 0 Å². The average Bonchev–Trinajstić information content (AvgIpc) is 2.69. The van der Waals surface area contributed by atoms with Gasteiger partial charge < -0.3 is 10.6 Å². The first-order valence-corrected chi connectivity index (χ1v) is 6.23. The van der Waals surface area contributed by atoms with Gasteiger partial charge in [0.05, 0.1) is 5.56 Å². The second kappa shape index (κ2) is 4.34. The molecule has 3 rings (SSSR count). The summed E-state index contributed by atoms with van der Waals surface area (Å²) in [6.45, 7) is 0. The highest BCUT2D eigenvalue weighted by atomic mass is 15.1. The Morgan fingerprint density at radius 1 is 1.35 bits per heavy atom. The molecule has 2 N–H and O–H groups in total. The zero-order valence-electron chi connectivity index (χ0n) is 9.69. The van der Waals surface area contributed by atoms with Crippen LogP contribution in [0.15, 0.2) is 18.3 Å². The van der Waals surface area contributed by atoms with Gasteiger partial charge in [-0.2, -0.15) is 5.26 Å². The standard InChI is InChI=1S/C13H16N4/c14-8-9-2-1-5-15-13(9)17-12-6-10-3-4-11(7-12)16-10/h1-2,5,10-12,16H,3-4,6-7H2,(H,15,17). The van der Waals surface area contributed by atoms with Crippen LogP contribution in [0.2, 0.25) is 0 Å². The number of rotatable bonds is 2. The molecule has 1 aromatic rings. The summed E-state index contributed by atoms with van der Waals surface area (Å²) >= 11 is 0. The molecule has 2 bridgehead atoms. The summed E-state index contributed by atoms with van der Waals surface area (Å²) < 4.78 is 0. The maximum atomic E-state index is 9.02. The molecule has 0 aliphatic carbocycles. The minimum atomic E-state index is 0.454. The monoisotopic (exact) mass is 228 g/mol. The Labute approximate surface area is 101 Å². The second-order valence-electron chi connectivity index (χ2n) is 4.96. The van der Waals surface area contributed by atoms with Crippen LogP contribution in [0.25, 0.3) is 0 Å². The number of hydrogen-bond donors (Lipinski definition) is 2. The number of fused-ring (bicyclic) bond motifs is 2. The molecule has 17 heavy (non-hydrogen) atoms. The van der Waals surface area contributed by atoms with Gasteiger partial charge in [0, 0.05) is 24.3 Å². The van der Waals surface area contributed by atoms with Gasteiger partial charge in [-0.1, -0.05) is 0 Å². The minimum Gasteiger partial charge on any atom is -0.366 e. The maximum Gasteiger partial charge on any atom is 0.144 e. The first-order chi connectivity index (χ1) is 8.35. The molecule has 2 fully saturated rings. The number of pyridine rings is 1. The fraction of sp³-hybridized carbons (Fsp3) is 0.538. The molecule has 2 saturated heterocycles. The Morgan fingerprint density at radius 2 is 2.12 bits per heavy atom. The first-order valence-electron chi connectivity index (χ1n) is 6.23. The van der Waals surface area contributed by atoms with Crippen molar-refractivity contribution in [3.63, 3.8) is 0 Å². The molecule has 88 valence electrons. The van der Waals surface area contributed by atoms with Gasteiger partial charge in [0.15, 0.2) is 0 Å². The van der Waals surface area contributed by atoms with Crippen LogP contribution in [0, 0.1) is 11.3 Å². The third-order valence-electron chi connectivity index (χ3n) is 3.74. The van der Waals surface area contributed by atoms with Crippen LogP contribution in [0.3, 0.4) is 0 Å². The fourth-order valence-corrected chi connectivity index (χ4v) is 2.98. The van der Waals surface area contributed by atoms with Gasteiger partial charge in [-0.05, 0) is 37.8 Å². The lowest BCUT2D eigenvalue weighted by molar-refractivity contribution is 0.377.